The Kier molecular flexibility index (Phi) is 4.46. The number of carbonyl (C=O) groups excluding carboxylic acids is 1. The molecule has 20 heavy (non-hydrogen) atoms. The van der Waals surface area contributed by atoms with E-state index >= 15 is 0 Å². The van der Waals surface area contributed by atoms with E-state index in [1.54, 1.807) is 38.1 Å². The predicted molar refractivity (Wildman–Crippen MR) is 80.4 cm³/mol. The molecule has 0 saturated heterocycles. The average molecular weight is 311 g/mol. The summed E-state index contributed by atoms with van der Waals surface area (Å²) in [6.45, 7) is 3.52. The maximum Gasteiger partial charge on any atom is 0.170 e. The smallest absolute Gasteiger partial charge is 0.170 e. The van der Waals surface area contributed by atoms with Gasteiger partial charge in [0.25, 0.3) is 0 Å². The third-order valence-corrected chi connectivity index (χ3v) is 3.66. The molecule has 0 radical (unpaired) electrons. The van der Waals surface area contributed by atoms with E-state index in [2.05, 4.69) is 0 Å². The molecule has 2 aromatic rings. The molecule has 0 aliphatic rings. The number of carbonyl (C=O) groups is 1. The topological polar surface area (TPSA) is 17.1 Å². The lowest BCUT2D eigenvalue weighted by Gasteiger charge is -2.09. The Morgan fingerprint density at radius 1 is 1.15 bits per heavy atom. The third kappa shape index (κ3) is 3.20. The first kappa shape index (κ1) is 15.0. The summed E-state index contributed by atoms with van der Waals surface area (Å²) >= 11 is 11.8. The number of aryl methyl sites for hydroxylation is 2. The molecule has 0 N–H and O–H groups in total. The van der Waals surface area contributed by atoms with E-state index in [1.807, 2.05) is 0 Å². The summed E-state index contributed by atoms with van der Waals surface area (Å²) in [5.74, 6) is -0.776. The van der Waals surface area contributed by atoms with Crippen LogP contribution in [0.3, 0.4) is 0 Å². The largest absolute Gasteiger partial charge is 0.294 e. The van der Waals surface area contributed by atoms with Crippen molar-refractivity contribution >= 4 is 29.0 Å². The van der Waals surface area contributed by atoms with E-state index in [0.717, 1.165) is 5.56 Å². The first-order valence-corrected chi connectivity index (χ1v) is 6.88. The summed E-state index contributed by atoms with van der Waals surface area (Å²) in [4.78, 5) is 12.3. The number of halogens is 3. The van der Waals surface area contributed by atoms with E-state index in [9.17, 15) is 9.18 Å². The van der Waals surface area contributed by atoms with Crippen LogP contribution in [-0.2, 0) is 6.42 Å². The van der Waals surface area contributed by atoms with Crippen molar-refractivity contribution in [3.05, 3.63) is 68.4 Å². The van der Waals surface area contributed by atoms with Crippen molar-refractivity contribution in [2.45, 2.75) is 20.3 Å². The normalized spacial score (nSPS) is 10.7. The SMILES string of the molecule is Cc1cc(C)c(C(=O)Cc2ccc(Cl)cc2Cl)c(F)c1. The van der Waals surface area contributed by atoms with Crippen molar-refractivity contribution in [2.75, 3.05) is 0 Å². The zero-order valence-corrected chi connectivity index (χ0v) is 12.6. The Morgan fingerprint density at radius 3 is 2.45 bits per heavy atom. The van der Waals surface area contributed by atoms with E-state index in [-0.39, 0.29) is 17.8 Å². The molecule has 1 nitrogen and oxygen atoms in total. The van der Waals surface area contributed by atoms with Crippen molar-refractivity contribution < 1.29 is 9.18 Å². The fourth-order valence-corrected chi connectivity index (χ4v) is 2.67. The van der Waals surface area contributed by atoms with Gasteiger partial charge in [0.2, 0.25) is 0 Å². The summed E-state index contributed by atoms with van der Waals surface area (Å²) in [6.07, 6.45) is 0.0524. The van der Waals surface area contributed by atoms with Gasteiger partial charge in [0.1, 0.15) is 5.82 Å². The highest BCUT2D eigenvalue weighted by molar-refractivity contribution is 6.35. The van der Waals surface area contributed by atoms with Gasteiger partial charge in [0.15, 0.2) is 5.78 Å². The van der Waals surface area contributed by atoms with Gasteiger partial charge in [-0.05, 0) is 48.7 Å². The zero-order valence-electron chi connectivity index (χ0n) is 11.1. The summed E-state index contributed by atoms with van der Waals surface area (Å²) in [5, 5.41) is 0.917. The molecule has 0 aliphatic carbocycles. The molecule has 2 rings (SSSR count). The highest BCUT2D eigenvalue weighted by Crippen LogP contribution is 2.24. The summed E-state index contributed by atoms with van der Waals surface area (Å²) in [7, 11) is 0. The molecule has 0 amide bonds. The van der Waals surface area contributed by atoms with Crippen LogP contribution in [0.5, 0.6) is 0 Å². The van der Waals surface area contributed by atoms with E-state index in [0.29, 0.717) is 21.2 Å². The van der Waals surface area contributed by atoms with Crippen molar-refractivity contribution in [1.29, 1.82) is 0 Å². The van der Waals surface area contributed by atoms with E-state index < -0.39 is 5.82 Å². The maximum atomic E-state index is 14.0. The molecule has 2 aromatic carbocycles. The molecule has 0 bridgehead atoms. The number of Topliss-reactive ketones (excluding diaryl/α,β-unsaturated/α-hetero) is 1. The van der Waals surface area contributed by atoms with Crippen LogP contribution in [0.1, 0.15) is 27.0 Å². The molecule has 0 spiro atoms. The van der Waals surface area contributed by atoms with Gasteiger partial charge < -0.3 is 0 Å². The van der Waals surface area contributed by atoms with Gasteiger partial charge in [-0.2, -0.15) is 0 Å². The number of hydrogen-bond acceptors (Lipinski definition) is 1. The second-order valence-corrected chi connectivity index (χ2v) is 5.62. The molecule has 0 aliphatic heterocycles. The van der Waals surface area contributed by atoms with Gasteiger partial charge in [-0.25, -0.2) is 4.39 Å². The van der Waals surface area contributed by atoms with Crippen molar-refractivity contribution in [3.63, 3.8) is 0 Å². The number of hydrogen-bond donors (Lipinski definition) is 0. The van der Waals surface area contributed by atoms with Crippen LogP contribution >= 0.6 is 23.2 Å². The van der Waals surface area contributed by atoms with Gasteiger partial charge in [-0.1, -0.05) is 35.3 Å². The van der Waals surface area contributed by atoms with Gasteiger partial charge in [-0.15, -0.1) is 0 Å². The fourth-order valence-electron chi connectivity index (χ4n) is 2.20. The second-order valence-electron chi connectivity index (χ2n) is 4.77. The Bertz CT molecular complexity index is 657. The molecule has 0 fully saturated rings. The Labute approximate surface area is 127 Å². The van der Waals surface area contributed by atoms with Crippen LogP contribution in [0.15, 0.2) is 30.3 Å². The first-order valence-electron chi connectivity index (χ1n) is 6.12. The van der Waals surface area contributed by atoms with Crippen molar-refractivity contribution in [1.82, 2.24) is 0 Å². The van der Waals surface area contributed by atoms with Crippen molar-refractivity contribution in [2.24, 2.45) is 0 Å². The highest BCUT2D eigenvalue weighted by Gasteiger charge is 2.17. The summed E-state index contributed by atoms with van der Waals surface area (Å²) < 4.78 is 14.0. The van der Waals surface area contributed by atoms with Crippen LogP contribution < -0.4 is 0 Å². The van der Waals surface area contributed by atoms with Crippen LogP contribution in [0.25, 0.3) is 0 Å². The standard InChI is InChI=1S/C16H13Cl2FO/c1-9-5-10(2)16(14(19)6-9)15(20)7-11-3-4-12(17)8-13(11)18/h3-6,8H,7H2,1-2H3. The average Bonchev–Trinajstić information content (AvgIpc) is 2.31. The van der Waals surface area contributed by atoms with Crippen LogP contribution in [-0.4, -0.2) is 5.78 Å². The summed E-state index contributed by atoms with van der Waals surface area (Å²) in [6, 6.07) is 8.08. The highest BCUT2D eigenvalue weighted by atomic mass is 35.5. The van der Waals surface area contributed by atoms with Gasteiger partial charge in [0, 0.05) is 16.5 Å². The predicted octanol–water partition coefficient (Wildman–Crippen LogP) is 5.17. The third-order valence-electron chi connectivity index (χ3n) is 3.08. The molecular weight excluding hydrogens is 298 g/mol. The van der Waals surface area contributed by atoms with Gasteiger partial charge >= 0.3 is 0 Å². The molecule has 0 atom stereocenters. The maximum absolute atomic E-state index is 14.0. The molecule has 104 valence electrons. The number of rotatable bonds is 3. The molecule has 0 aromatic heterocycles. The monoisotopic (exact) mass is 310 g/mol. The Hall–Kier alpha value is -1.38. The van der Waals surface area contributed by atoms with Crippen molar-refractivity contribution in [3.8, 4) is 0 Å². The lowest BCUT2D eigenvalue weighted by Crippen LogP contribution is -2.09. The fraction of sp³-hybridized carbons (Fsp3) is 0.188. The minimum atomic E-state index is -0.488. The first-order chi connectivity index (χ1) is 9.38. The van der Waals surface area contributed by atoms with E-state index in [1.165, 1.54) is 6.07 Å². The molecule has 4 heteroatoms. The quantitative estimate of drug-likeness (QED) is 0.714. The minimum Gasteiger partial charge on any atom is -0.294 e. The van der Waals surface area contributed by atoms with Gasteiger partial charge in [0.05, 0.1) is 5.56 Å². The van der Waals surface area contributed by atoms with Crippen LogP contribution in [0.4, 0.5) is 4.39 Å². The van der Waals surface area contributed by atoms with Gasteiger partial charge in [-0.3, -0.25) is 4.79 Å². The summed E-state index contributed by atoms with van der Waals surface area (Å²) in [5.41, 5.74) is 2.20. The second kappa shape index (κ2) is 5.94. The zero-order chi connectivity index (χ0) is 14.9. The molecule has 0 heterocycles. The van der Waals surface area contributed by atoms with E-state index in [4.69, 9.17) is 23.2 Å². The molecule has 0 unspecified atom stereocenters. The number of ketones is 1. The molecular formula is C16H13Cl2FO. The van der Waals surface area contributed by atoms with Crippen LogP contribution in [0.2, 0.25) is 10.0 Å². The lowest BCUT2D eigenvalue weighted by atomic mass is 9.97. The van der Waals surface area contributed by atoms with Crippen LogP contribution in [0, 0.1) is 19.7 Å². The lowest BCUT2D eigenvalue weighted by molar-refractivity contribution is 0.0988. The minimum absolute atomic E-state index is 0.0524. The Balaban J connectivity index is 2.33. The molecule has 0 saturated carbocycles. The number of benzene rings is 2. The Morgan fingerprint density at radius 2 is 1.85 bits per heavy atom.